The Morgan fingerprint density at radius 2 is 1.76 bits per heavy atom. The highest BCUT2D eigenvalue weighted by atomic mass is 16.5. The Balaban J connectivity index is 1.70. The number of rotatable bonds is 4. The first-order valence-electron chi connectivity index (χ1n) is 8.29. The Hall–Kier alpha value is -2.99. The molecule has 3 aromatic rings. The molecular formula is C19H19N5O. The lowest BCUT2D eigenvalue weighted by atomic mass is 10.2. The van der Waals surface area contributed by atoms with Crippen LogP contribution >= 0.6 is 0 Å². The fourth-order valence-corrected chi connectivity index (χ4v) is 2.82. The van der Waals surface area contributed by atoms with E-state index in [2.05, 4.69) is 26.5 Å². The van der Waals surface area contributed by atoms with E-state index >= 15 is 0 Å². The van der Waals surface area contributed by atoms with E-state index in [0.29, 0.717) is 19.0 Å². The number of anilines is 1. The average Bonchev–Trinajstić information content (AvgIpc) is 3.19. The number of aromatic nitrogens is 4. The van der Waals surface area contributed by atoms with Crippen LogP contribution in [0.5, 0.6) is 0 Å². The first-order chi connectivity index (χ1) is 12.3. The average molecular weight is 333 g/mol. The minimum absolute atomic E-state index is 0.593. The molecule has 0 N–H and O–H groups in total. The lowest BCUT2D eigenvalue weighted by molar-refractivity contribution is 0.122. The molecule has 1 aliphatic rings. The van der Waals surface area contributed by atoms with Gasteiger partial charge in [0.1, 0.15) is 5.82 Å². The number of ether oxygens (including phenoxy) is 1. The van der Waals surface area contributed by atoms with Crippen LogP contribution in [0.25, 0.3) is 23.2 Å². The second-order valence-corrected chi connectivity index (χ2v) is 5.76. The van der Waals surface area contributed by atoms with Gasteiger partial charge in [0.15, 0.2) is 11.6 Å². The molecule has 6 heteroatoms. The van der Waals surface area contributed by atoms with Crippen molar-refractivity contribution in [3.05, 3.63) is 61.1 Å². The third-order valence-electron chi connectivity index (χ3n) is 4.13. The van der Waals surface area contributed by atoms with Crippen LogP contribution in [-0.2, 0) is 4.74 Å². The first-order valence-corrected chi connectivity index (χ1v) is 8.29. The zero-order chi connectivity index (χ0) is 17.1. The molecule has 3 heterocycles. The van der Waals surface area contributed by atoms with Crippen LogP contribution in [0.3, 0.4) is 0 Å². The topological polar surface area (TPSA) is 56.1 Å². The Morgan fingerprint density at radius 1 is 1.00 bits per heavy atom. The van der Waals surface area contributed by atoms with E-state index < -0.39 is 0 Å². The van der Waals surface area contributed by atoms with Crippen molar-refractivity contribution in [2.75, 3.05) is 31.2 Å². The summed E-state index contributed by atoms with van der Waals surface area (Å²) in [4.78, 5) is 11.3. The van der Waals surface area contributed by atoms with Gasteiger partial charge in [-0.3, -0.25) is 0 Å². The Bertz CT molecular complexity index is 869. The maximum atomic E-state index is 5.42. The van der Waals surface area contributed by atoms with Crippen LogP contribution in [0.4, 0.5) is 5.82 Å². The standard InChI is InChI=1S/C19H19N5O/c1-2-17-20-18(23-10-12-25-13-11-23)14-19(21-17)24-9-8-16(22-24)15-6-4-3-5-7-15/h2-9,14H,1,10-13H2. The van der Waals surface area contributed by atoms with Crippen molar-refractivity contribution >= 4 is 11.9 Å². The predicted molar refractivity (Wildman–Crippen MR) is 97.7 cm³/mol. The number of hydrogen-bond acceptors (Lipinski definition) is 5. The molecule has 1 aromatic carbocycles. The van der Waals surface area contributed by atoms with Crippen LogP contribution < -0.4 is 4.90 Å². The molecule has 1 saturated heterocycles. The van der Waals surface area contributed by atoms with Gasteiger partial charge in [0, 0.05) is 30.9 Å². The van der Waals surface area contributed by atoms with Gasteiger partial charge in [0.05, 0.1) is 18.9 Å². The van der Waals surface area contributed by atoms with Crippen LogP contribution in [0.2, 0.25) is 0 Å². The minimum Gasteiger partial charge on any atom is -0.378 e. The summed E-state index contributed by atoms with van der Waals surface area (Å²) in [7, 11) is 0. The second kappa shape index (κ2) is 6.86. The molecule has 2 aromatic heterocycles. The molecule has 6 nitrogen and oxygen atoms in total. The number of nitrogens with zero attached hydrogens (tertiary/aromatic N) is 5. The van der Waals surface area contributed by atoms with E-state index in [-0.39, 0.29) is 0 Å². The molecule has 0 spiro atoms. The van der Waals surface area contributed by atoms with Gasteiger partial charge < -0.3 is 9.64 Å². The summed E-state index contributed by atoms with van der Waals surface area (Å²) in [5, 5.41) is 4.66. The summed E-state index contributed by atoms with van der Waals surface area (Å²) in [6.07, 6.45) is 3.58. The lowest BCUT2D eigenvalue weighted by Crippen LogP contribution is -2.37. The van der Waals surface area contributed by atoms with E-state index in [0.717, 1.165) is 36.0 Å². The molecule has 0 radical (unpaired) electrons. The van der Waals surface area contributed by atoms with Crippen molar-refractivity contribution in [1.29, 1.82) is 0 Å². The maximum Gasteiger partial charge on any atom is 0.159 e. The monoisotopic (exact) mass is 333 g/mol. The summed E-state index contributed by atoms with van der Waals surface area (Å²) in [6.45, 7) is 6.87. The van der Waals surface area contributed by atoms with Gasteiger partial charge in [0.2, 0.25) is 0 Å². The van der Waals surface area contributed by atoms with Crippen LogP contribution in [-0.4, -0.2) is 46.1 Å². The van der Waals surface area contributed by atoms with E-state index in [1.165, 1.54) is 0 Å². The molecule has 0 aliphatic carbocycles. The molecule has 0 bridgehead atoms. The van der Waals surface area contributed by atoms with Gasteiger partial charge >= 0.3 is 0 Å². The van der Waals surface area contributed by atoms with E-state index in [9.17, 15) is 0 Å². The molecule has 25 heavy (non-hydrogen) atoms. The zero-order valence-electron chi connectivity index (χ0n) is 13.9. The molecule has 126 valence electrons. The largest absolute Gasteiger partial charge is 0.378 e. The van der Waals surface area contributed by atoms with E-state index in [1.807, 2.05) is 48.7 Å². The van der Waals surface area contributed by atoms with Crippen molar-refractivity contribution in [2.24, 2.45) is 0 Å². The third kappa shape index (κ3) is 3.29. The number of benzene rings is 1. The van der Waals surface area contributed by atoms with Gasteiger partial charge in [-0.15, -0.1) is 0 Å². The van der Waals surface area contributed by atoms with Crippen LogP contribution in [0.1, 0.15) is 5.82 Å². The minimum atomic E-state index is 0.593. The number of hydrogen-bond donors (Lipinski definition) is 0. The van der Waals surface area contributed by atoms with Crippen LogP contribution in [0.15, 0.2) is 55.2 Å². The molecule has 0 unspecified atom stereocenters. The Labute approximate surface area is 146 Å². The summed E-state index contributed by atoms with van der Waals surface area (Å²) < 4.78 is 7.20. The molecule has 0 atom stereocenters. The van der Waals surface area contributed by atoms with Gasteiger partial charge in [-0.1, -0.05) is 36.9 Å². The predicted octanol–water partition coefficient (Wildman–Crippen LogP) is 2.81. The van der Waals surface area contributed by atoms with Crippen molar-refractivity contribution < 1.29 is 4.74 Å². The molecule has 0 saturated carbocycles. The molecular weight excluding hydrogens is 314 g/mol. The van der Waals surface area contributed by atoms with E-state index in [1.54, 1.807) is 10.8 Å². The third-order valence-corrected chi connectivity index (χ3v) is 4.13. The lowest BCUT2D eigenvalue weighted by Gasteiger charge is -2.28. The Morgan fingerprint density at radius 3 is 2.52 bits per heavy atom. The highest BCUT2D eigenvalue weighted by Gasteiger charge is 2.15. The van der Waals surface area contributed by atoms with E-state index in [4.69, 9.17) is 4.74 Å². The molecule has 0 amide bonds. The zero-order valence-corrected chi connectivity index (χ0v) is 13.9. The highest BCUT2D eigenvalue weighted by molar-refractivity contribution is 5.59. The fourth-order valence-electron chi connectivity index (χ4n) is 2.82. The Kier molecular flexibility index (Phi) is 4.26. The van der Waals surface area contributed by atoms with Gasteiger partial charge in [-0.25, -0.2) is 14.6 Å². The van der Waals surface area contributed by atoms with Crippen molar-refractivity contribution in [3.63, 3.8) is 0 Å². The summed E-state index contributed by atoms with van der Waals surface area (Å²) in [6, 6.07) is 14.0. The van der Waals surface area contributed by atoms with Gasteiger partial charge in [-0.2, -0.15) is 5.10 Å². The summed E-state index contributed by atoms with van der Waals surface area (Å²) in [5.74, 6) is 2.20. The normalized spacial score (nSPS) is 14.5. The quantitative estimate of drug-likeness (QED) is 0.735. The highest BCUT2D eigenvalue weighted by Crippen LogP contribution is 2.20. The fraction of sp³-hybridized carbons (Fsp3) is 0.211. The van der Waals surface area contributed by atoms with Gasteiger partial charge in [0.25, 0.3) is 0 Å². The molecule has 1 fully saturated rings. The van der Waals surface area contributed by atoms with Crippen molar-refractivity contribution in [2.45, 2.75) is 0 Å². The first kappa shape index (κ1) is 15.5. The maximum absolute atomic E-state index is 5.42. The van der Waals surface area contributed by atoms with Crippen molar-refractivity contribution in [3.8, 4) is 17.1 Å². The molecule has 1 aliphatic heterocycles. The van der Waals surface area contributed by atoms with Crippen molar-refractivity contribution in [1.82, 2.24) is 19.7 Å². The van der Waals surface area contributed by atoms with Crippen LogP contribution in [0, 0.1) is 0 Å². The second-order valence-electron chi connectivity index (χ2n) is 5.76. The summed E-state index contributed by atoms with van der Waals surface area (Å²) >= 11 is 0. The molecule has 4 rings (SSSR count). The smallest absolute Gasteiger partial charge is 0.159 e. The summed E-state index contributed by atoms with van der Waals surface area (Å²) in [5.41, 5.74) is 1.99. The number of morpholine rings is 1. The SMILES string of the molecule is C=Cc1nc(N2CCOCC2)cc(-n2ccc(-c3ccccc3)n2)n1. The van der Waals surface area contributed by atoms with Gasteiger partial charge in [-0.05, 0) is 12.1 Å².